The number of likely N-dealkylation sites (N-methyl/N-ethyl adjacent to an activating group) is 1. The van der Waals surface area contributed by atoms with Crippen molar-refractivity contribution in [1.29, 1.82) is 0 Å². The molecule has 1 atom stereocenters. The van der Waals surface area contributed by atoms with Gasteiger partial charge in [0.15, 0.2) is 0 Å². The van der Waals surface area contributed by atoms with E-state index in [4.69, 9.17) is 4.74 Å². The first-order chi connectivity index (χ1) is 9.65. The number of anilines is 1. The average Bonchev–Trinajstić information content (AvgIpc) is 2.46. The second kappa shape index (κ2) is 6.51. The summed E-state index contributed by atoms with van der Waals surface area (Å²) in [6.07, 6.45) is 0. The Kier molecular flexibility index (Phi) is 4.73. The summed E-state index contributed by atoms with van der Waals surface area (Å²) in [5, 5.41) is 6.08. The Hall–Kier alpha value is -1.89. The molecule has 1 unspecified atom stereocenters. The molecule has 2 N–H and O–H groups in total. The summed E-state index contributed by atoms with van der Waals surface area (Å²) in [6.45, 7) is 6.48. The zero-order valence-corrected chi connectivity index (χ0v) is 12.1. The first kappa shape index (κ1) is 14.5. The van der Waals surface area contributed by atoms with Crippen molar-refractivity contribution < 1.29 is 9.53 Å². The van der Waals surface area contributed by atoms with E-state index in [2.05, 4.69) is 20.6 Å². The van der Waals surface area contributed by atoms with Crippen molar-refractivity contribution >= 4 is 11.9 Å². The molecule has 0 bridgehead atoms. The van der Waals surface area contributed by atoms with Gasteiger partial charge in [-0.05, 0) is 13.8 Å². The number of rotatable bonds is 4. The number of carbonyl (C=O) groups is 1. The number of aromatic nitrogens is 2. The minimum absolute atomic E-state index is 0.0104. The van der Waals surface area contributed by atoms with Gasteiger partial charge in [-0.25, -0.2) is 4.98 Å². The van der Waals surface area contributed by atoms with Gasteiger partial charge in [-0.15, -0.1) is 0 Å². The number of hydrogen-bond donors (Lipinski definition) is 2. The van der Waals surface area contributed by atoms with E-state index >= 15 is 0 Å². The van der Waals surface area contributed by atoms with Crippen LogP contribution in [0.25, 0.3) is 0 Å². The van der Waals surface area contributed by atoms with Gasteiger partial charge in [-0.2, -0.15) is 4.98 Å². The summed E-state index contributed by atoms with van der Waals surface area (Å²) >= 11 is 0. The largest absolute Gasteiger partial charge is 0.481 e. The molecule has 0 aliphatic carbocycles. The lowest BCUT2D eigenvalue weighted by Gasteiger charge is -2.35. The molecule has 2 heterocycles. The van der Waals surface area contributed by atoms with Crippen LogP contribution < -0.4 is 20.3 Å². The first-order valence-electron chi connectivity index (χ1n) is 6.80. The van der Waals surface area contributed by atoms with Crippen molar-refractivity contribution in [3.63, 3.8) is 0 Å². The van der Waals surface area contributed by atoms with Crippen LogP contribution in [0.3, 0.4) is 0 Å². The highest BCUT2D eigenvalue weighted by Crippen LogP contribution is 2.18. The van der Waals surface area contributed by atoms with E-state index in [1.165, 1.54) is 0 Å². The molecule has 20 heavy (non-hydrogen) atoms. The molecule has 0 radical (unpaired) electrons. The molecule has 1 fully saturated rings. The van der Waals surface area contributed by atoms with Crippen molar-refractivity contribution in [2.45, 2.75) is 19.9 Å². The normalized spacial score (nSPS) is 18.8. The number of aryl methyl sites for hydroxylation is 1. The van der Waals surface area contributed by atoms with Gasteiger partial charge in [0.1, 0.15) is 6.04 Å². The number of amides is 1. The van der Waals surface area contributed by atoms with Gasteiger partial charge in [0, 0.05) is 37.9 Å². The lowest BCUT2D eigenvalue weighted by Crippen LogP contribution is -2.58. The zero-order chi connectivity index (χ0) is 14.5. The minimum Gasteiger partial charge on any atom is -0.481 e. The minimum atomic E-state index is -0.296. The van der Waals surface area contributed by atoms with Crippen LogP contribution in [0.5, 0.6) is 5.88 Å². The number of nitrogens with zero attached hydrogens (tertiary/aromatic N) is 3. The summed E-state index contributed by atoms with van der Waals surface area (Å²) in [5.74, 6) is 1.05. The molecule has 7 nitrogen and oxygen atoms in total. The summed E-state index contributed by atoms with van der Waals surface area (Å²) < 4.78 is 5.18. The van der Waals surface area contributed by atoms with Crippen molar-refractivity contribution in [3.05, 3.63) is 11.8 Å². The fourth-order valence-corrected chi connectivity index (χ4v) is 2.23. The highest BCUT2D eigenvalue weighted by Gasteiger charge is 2.30. The Morgan fingerprint density at radius 3 is 3.10 bits per heavy atom. The summed E-state index contributed by atoms with van der Waals surface area (Å²) in [7, 11) is 1.57. The maximum absolute atomic E-state index is 12.1. The number of nitrogens with one attached hydrogen (secondary N) is 2. The molecule has 1 saturated heterocycles. The molecule has 110 valence electrons. The van der Waals surface area contributed by atoms with E-state index < -0.39 is 0 Å². The van der Waals surface area contributed by atoms with Crippen LogP contribution in [0.4, 0.5) is 5.95 Å². The summed E-state index contributed by atoms with van der Waals surface area (Å²) in [5.41, 5.74) is 0.819. The van der Waals surface area contributed by atoms with Crippen LogP contribution in [-0.4, -0.2) is 55.2 Å². The molecule has 1 aromatic rings. The van der Waals surface area contributed by atoms with Crippen molar-refractivity contribution in [2.24, 2.45) is 0 Å². The van der Waals surface area contributed by atoms with Crippen molar-refractivity contribution in [1.82, 2.24) is 20.6 Å². The fourth-order valence-electron chi connectivity index (χ4n) is 2.23. The number of carbonyl (C=O) groups excluding carboxylic acids is 1. The van der Waals surface area contributed by atoms with Gasteiger partial charge >= 0.3 is 0 Å². The van der Waals surface area contributed by atoms with E-state index in [-0.39, 0.29) is 11.9 Å². The Morgan fingerprint density at radius 2 is 2.40 bits per heavy atom. The zero-order valence-electron chi connectivity index (χ0n) is 12.1. The molecule has 0 saturated carbocycles. The molecule has 1 aliphatic heterocycles. The molecule has 1 aliphatic rings. The van der Waals surface area contributed by atoms with E-state index in [1.54, 1.807) is 13.2 Å². The highest BCUT2D eigenvalue weighted by molar-refractivity contribution is 5.85. The molecule has 0 aromatic carbocycles. The molecular weight excluding hydrogens is 258 g/mol. The topological polar surface area (TPSA) is 79.4 Å². The Bertz CT molecular complexity index is 480. The second-order valence-electron chi connectivity index (χ2n) is 4.66. The van der Waals surface area contributed by atoms with E-state index in [9.17, 15) is 4.79 Å². The van der Waals surface area contributed by atoms with Crippen LogP contribution in [0.1, 0.15) is 12.6 Å². The average molecular weight is 279 g/mol. The van der Waals surface area contributed by atoms with Crippen LogP contribution in [0, 0.1) is 6.92 Å². The number of ether oxygens (including phenoxy) is 1. The van der Waals surface area contributed by atoms with Crippen molar-refractivity contribution in [3.8, 4) is 5.88 Å². The Labute approximate surface area is 118 Å². The van der Waals surface area contributed by atoms with Gasteiger partial charge in [-0.3, -0.25) is 4.79 Å². The third kappa shape index (κ3) is 3.16. The predicted molar refractivity (Wildman–Crippen MR) is 76.0 cm³/mol. The Balaban J connectivity index is 2.27. The van der Waals surface area contributed by atoms with Crippen LogP contribution in [-0.2, 0) is 4.79 Å². The molecule has 2 rings (SSSR count). The monoisotopic (exact) mass is 279 g/mol. The van der Waals surface area contributed by atoms with Crippen LogP contribution in [0.15, 0.2) is 6.07 Å². The predicted octanol–water partition coefficient (Wildman–Crippen LogP) is -0.292. The van der Waals surface area contributed by atoms with Crippen molar-refractivity contribution in [2.75, 3.05) is 38.2 Å². The van der Waals surface area contributed by atoms with Crippen LogP contribution >= 0.6 is 0 Å². The Morgan fingerprint density at radius 1 is 1.60 bits per heavy atom. The summed E-state index contributed by atoms with van der Waals surface area (Å²) in [6, 6.07) is 1.47. The first-order valence-corrected chi connectivity index (χ1v) is 6.80. The maximum Gasteiger partial charge on any atom is 0.244 e. The molecular formula is C13H21N5O2. The fraction of sp³-hybridized carbons (Fsp3) is 0.615. The third-order valence-corrected chi connectivity index (χ3v) is 3.18. The third-order valence-electron chi connectivity index (χ3n) is 3.18. The van der Waals surface area contributed by atoms with Gasteiger partial charge in [0.05, 0.1) is 7.11 Å². The molecule has 0 spiro atoms. The van der Waals surface area contributed by atoms with E-state index in [0.29, 0.717) is 31.5 Å². The lowest BCUT2D eigenvalue weighted by molar-refractivity contribution is -0.122. The molecule has 7 heteroatoms. The van der Waals surface area contributed by atoms with E-state index in [0.717, 1.165) is 12.2 Å². The van der Waals surface area contributed by atoms with Gasteiger partial charge in [0.25, 0.3) is 0 Å². The molecule has 1 aromatic heterocycles. The second-order valence-corrected chi connectivity index (χ2v) is 4.66. The van der Waals surface area contributed by atoms with Gasteiger partial charge < -0.3 is 20.3 Å². The quantitative estimate of drug-likeness (QED) is 0.788. The number of hydrogen-bond acceptors (Lipinski definition) is 6. The maximum atomic E-state index is 12.1. The number of piperazine rings is 1. The summed E-state index contributed by atoms with van der Waals surface area (Å²) in [4.78, 5) is 22.8. The molecule has 1 amide bonds. The lowest BCUT2D eigenvalue weighted by atomic mass is 10.2. The van der Waals surface area contributed by atoms with Gasteiger partial charge in [0.2, 0.25) is 17.7 Å². The SMILES string of the molecule is CCNC(=O)C1CNCCN1c1nc(C)cc(OC)n1. The van der Waals surface area contributed by atoms with E-state index in [1.807, 2.05) is 18.7 Å². The number of methoxy groups -OCH3 is 1. The van der Waals surface area contributed by atoms with Gasteiger partial charge in [-0.1, -0.05) is 0 Å². The van der Waals surface area contributed by atoms with Crippen LogP contribution in [0.2, 0.25) is 0 Å². The highest BCUT2D eigenvalue weighted by atomic mass is 16.5. The standard InChI is InChI=1S/C13H21N5O2/c1-4-15-12(19)10-8-14-5-6-18(10)13-16-9(2)7-11(17-13)20-3/h7,10,14H,4-6,8H2,1-3H3,(H,15,19). The smallest absolute Gasteiger partial charge is 0.244 e.